The molecule has 0 atom stereocenters. The molecule has 0 aliphatic carbocycles. The summed E-state index contributed by atoms with van der Waals surface area (Å²) in [5.74, 6) is -0.353. The number of aliphatic carboxylic acids is 1. The third-order valence-corrected chi connectivity index (χ3v) is 2.94. The van der Waals surface area contributed by atoms with Gasteiger partial charge in [-0.15, -0.1) is 0 Å². The SMILES string of the molecule is O=C([O-])CCc1cccnc1Oc1cc(Cl)cc(Cl)c1.[Li+]. The molecule has 1 heterocycles. The number of hydrogen-bond acceptors (Lipinski definition) is 4. The van der Waals surface area contributed by atoms with Crippen LogP contribution in [-0.4, -0.2) is 11.0 Å². The molecule has 0 saturated carbocycles. The van der Waals surface area contributed by atoms with Crippen molar-refractivity contribution in [3.63, 3.8) is 0 Å². The summed E-state index contributed by atoms with van der Waals surface area (Å²) in [5.41, 5.74) is 0.674. The fourth-order valence-electron chi connectivity index (χ4n) is 1.64. The van der Waals surface area contributed by atoms with Crippen LogP contribution in [0.2, 0.25) is 10.0 Å². The second-order valence-corrected chi connectivity index (χ2v) is 4.92. The molecule has 0 radical (unpaired) electrons. The molecule has 1 aromatic carbocycles. The maximum Gasteiger partial charge on any atom is 1.00 e. The monoisotopic (exact) mass is 317 g/mol. The number of benzene rings is 1. The average molecular weight is 318 g/mol. The Morgan fingerprint density at radius 1 is 1.24 bits per heavy atom. The Morgan fingerprint density at radius 3 is 2.52 bits per heavy atom. The molecule has 0 saturated heterocycles. The van der Waals surface area contributed by atoms with Gasteiger partial charge >= 0.3 is 18.9 Å². The van der Waals surface area contributed by atoms with Crippen molar-refractivity contribution in [1.82, 2.24) is 4.98 Å². The Morgan fingerprint density at radius 2 is 1.90 bits per heavy atom. The first-order chi connectivity index (χ1) is 9.54. The number of aromatic nitrogens is 1. The van der Waals surface area contributed by atoms with Crippen LogP contribution in [0.25, 0.3) is 0 Å². The molecule has 0 aliphatic heterocycles. The number of ether oxygens (including phenoxy) is 1. The molecular formula is C14H10Cl2LiNO3. The fraction of sp³-hybridized carbons (Fsp3) is 0.143. The zero-order valence-electron chi connectivity index (χ0n) is 11.3. The molecule has 0 amide bonds. The van der Waals surface area contributed by atoms with Crippen molar-refractivity contribution in [1.29, 1.82) is 0 Å². The van der Waals surface area contributed by atoms with E-state index in [9.17, 15) is 9.90 Å². The van der Waals surface area contributed by atoms with Crippen molar-refractivity contribution in [3.05, 3.63) is 52.1 Å². The van der Waals surface area contributed by atoms with Crippen LogP contribution >= 0.6 is 23.2 Å². The Kier molecular flexibility index (Phi) is 7.07. The van der Waals surface area contributed by atoms with Gasteiger partial charge in [0.1, 0.15) is 5.75 Å². The third kappa shape index (κ3) is 5.60. The van der Waals surface area contributed by atoms with Crippen LogP contribution in [0.4, 0.5) is 0 Å². The van der Waals surface area contributed by atoms with Gasteiger partial charge in [-0.2, -0.15) is 0 Å². The first-order valence-corrected chi connectivity index (χ1v) is 6.58. The topological polar surface area (TPSA) is 62.2 Å². The van der Waals surface area contributed by atoms with Gasteiger partial charge in [-0.25, -0.2) is 4.98 Å². The largest absolute Gasteiger partial charge is 1.00 e. The van der Waals surface area contributed by atoms with Crippen LogP contribution in [0.15, 0.2) is 36.5 Å². The van der Waals surface area contributed by atoms with Crippen LogP contribution in [0.3, 0.4) is 0 Å². The van der Waals surface area contributed by atoms with E-state index in [1.165, 1.54) is 0 Å². The van der Waals surface area contributed by atoms with Crippen molar-refractivity contribution >= 4 is 29.2 Å². The van der Waals surface area contributed by atoms with E-state index in [1.54, 1.807) is 36.5 Å². The van der Waals surface area contributed by atoms with Crippen LogP contribution in [0.1, 0.15) is 12.0 Å². The summed E-state index contributed by atoms with van der Waals surface area (Å²) < 4.78 is 5.61. The number of carbonyl (C=O) groups is 1. The van der Waals surface area contributed by atoms with Gasteiger partial charge in [0.25, 0.3) is 0 Å². The molecule has 0 fully saturated rings. The number of carboxylic acids is 1. The number of aryl methyl sites for hydroxylation is 1. The average Bonchev–Trinajstić information content (AvgIpc) is 2.36. The van der Waals surface area contributed by atoms with Crippen molar-refractivity contribution in [2.75, 3.05) is 0 Å². The second-order valence-electron chi connectivity index (χ2n) is 4.05. The van der Waals surface area contributed by atoms with Crippen molar-refractivity contribution in [2.24, 2.45) is 0 Å². The van der Waals surface area contributed by atoms with Gasteiger partial charge in [-0.3, -0.25) is 0 Å². The van der Waals surface area contributed by atoms with E-state index in [4.69, 9.17) is 27.9 Å². The predicted octanol–water partition coefficient (Wildman–Crippen LogP) is -0.133. The van der Waals surface area contributed by atoms with E-state index in [2.05, 4.69) is 4.98 Å². The van der Waals surface area contributed by atoms with Crippen molar-refractivity contribution in [3.8, 4) is 11.6 Å². The van der Waals surface area contributed by atoms with E-state index in [0.29, 0.717) is 27.2 Å². The van der Waals surface area contributed by atoms with Gasteiger partial charge in [-0.1, -0.05) is 29.3 Å². The van der Waals surface area contributed by atoms with Crippen LogP contribution in [-0.2, 0) is 11.2 Å². The summed E-state index contributed by atoms with van der Waals surface area (Å²) in [6.07, 6.45) is 1.74. The van der Waals surface area contributed by atoms with E-state index in [1.807, 2.05) is 0 Å². The third-order valence-electron chi connectivity index (χ3n) is 2.50. The van der Waals surface area contributed by atoms with Gasteiger partial charge < -0.3 is 14.6 Å². The Labute approximate surface area is 144 Å². The zero-order valence-corrected chi connectivity index (χ0v) is 12.8. The first-order valence-electron chi connectivity index (χ1n) is 5.82. The molecule has 2 aromatic rings. The molecule has 0 unspecified atom stereocenters. The van der Waals surface area contributed by atoms with Gasteiger partial charge in [-0.05, 0) is 37.1 Å². The van der Waals surface area contributed by atoms with E-state index < -0.39 is 5.97 Å². The molecule has 0 bridgehead atoms. The number of hydrogen-bond donors (Lipinski definition) is 0. The minimum absolute atomic E-state index is 0. The van der Waals surface area contributed by atoms with Crippen molar-refractivity contribution in [2.45, 2.75) is 12.8 Å². The van der Waals surface area contributed by atoms with Gasteiger partial charge in [0.15, 0.2) is 0 Å². The number of halogens is 2. The Balaban J connectivity index is 0.00000220. The minimum Gasteiger partial charge on any atom is -0.550 e. The zero-order chi connectivity index (χ0) is 14.5. The molecule has 4 nitrogen and oxygen atoms in total. The normalized spacial score (nSPS) is 9.81. The van der Waals surface area contributed by atoms with Crippen LogP contribution < -0.4 is 28.7 Å². The van der Waals surface area contributed by atoms with Crippen LogP contribution in [0.5, 0.6) is 11.6 Å². The van der Waals surface area contributed by atoms with Gasteiger partial charge in [0.2, 0.25) is 5.88 Å². The summed E-state index contributed by atoms with van der Waals surface area (Å²) in [7, 11) is 0. The molecule has 7 heteroatoms. The first kappa shape index (κ1) is 17.9. The molecule has 0 aliphatic rings. The molecule has 0 N–H and O–H groups in total. The Bertz CT molecular complexity index is 617. The quantitative estimate of drug-likeness (QED) is 0.721. The summed E-state index contributed by atoms with van der Waals surface area (Å²) in [6, 6.07) is 8.25. The number of rotatable bonds is 5. The molecule has 21 heavy (non-hydrogen) atoms. The van der Waals surface area contributed by atoms with E-state index in [-0.39, 0.29) is 31.7 Å². The summed E-state index contributed by atoms with van der Waals surface area (Å²) in [5, 5.41) is 11.4. The number of nitrogens with zero attached hydrogens (tertiary/aromatic N) is 1. The number of pyridine rings is 1. The molecule has 104 valence electrons. The summed E-state index contributed by atoms with van der Waals surface area (Å²) >= 11 is 11.8. The molecular weight excluding hydrogens is 308 g/mol. The smallest absolute Gasteiger partial charge is 0.550 e. The van der Waals surface area contributed by atoms with Crippen LogP contribution in [0, 0.1) is 0 Å². The second kappa shape index (κ2) is 8.31. The maximum atomic E-state index is 10.5. The predicted molar refractivity (Wildman–Crippen MR) is 74.1 cm³/mol. The van der Waals surface area contributed by atoms with Crippen molar-refractivity contribution < 1.29 is 33.5 Å². The molecule has 1 aromatic heterocycles. The molecule has 0 spiro atoms. The maximum absolute atomic E-state index is 10.5. The number of carboxylic acid groups (broad SMARTS) is 1. The summed E-state index contributed by atoms with van der Waals surface area (Å²) in [4.78, 5) is 14.6. The molecule has 2 rings (SSSR count). The van der Waals surface area contributed by atoms with Gasteiger partial charge in [0, 0.05) is 27.8 Å². The summed E-state index contributed by atoms with van der Waals surface area (Å²) in [6.45, 7) is 0. The van der Waals surface area contributed by atoms with E-state index in [0.717, 1.165) is 0 Å². The minimum atomic E-state index is -1.12. The fourth-order valence-corrected chi connectivity index (χ4v) is 2.15. The number of carbonyl (C=O) groups excluding carboxylic acids is 1. The van der Waals surface area contributed by atoms with E-state index >= 15 is 0 Å². The Hall–Kier alpha value is -1.18. The standard InChI is InChI=1S/C14H11Cl2NO3.Li/c15-10-6-11(16)8-12(7-10)20-14-9(2-1-5-17-14)3-4-13(18)19;/h1-2,5-8H,3-4H2,(H,18,19);/q;+1/p-1. The van der Waals surface area contributed by atoms with Gasteiger partial charge in [0.05, 0.1) is 0 Å².